The van der Waals surface area contributed by atoms with E-state index in [1.165, 1.54) is 11.1 Å². The number of rotatable bonds is 12. The molecule has 0 bridgehead atoms. The van der Waals surface area contributed by atoms with Crippen LogP contribution in [0.1, 0.15) is 30.4 Å². The molecule has 0 saturated carbocycles. The van der Waals surface area contributed by atoms with Gasteiger partial charge in [0.05, 0.1) is 42.4 Å². The van der Waals surface area contributed by atoms with Crippen LogP contribution in [0.15, 0.2) is 69.5 Å². The Labute approximate surface area is 228 Å². The largest absolute Gasteiger partial charge is 0.494 e. The van der Waals surface area contributed by atoms with E-state index in [0.29, 0.717) is 34.8 Å². The van der Waals surface area contributed by atoms with Crippen LogP contribution in [0.2, 0.25) is 0 Å². The first-order chi connectivity index (χ1) is 18.9. The summed E-state index contributed by atoms with van der Waals surface area (Å²) in [7, 11) is 10.7. The summed E-state index contributed by atoms with van der Waals surface area (Å²) >= 11 is 0. The van der Waals surface area contributed by atoms with Crippen LogP contribution in [0.4, 0.5) is 23.3 Å². The topological polar surface area (TPSA) is 111 Å². The number of hydrogen-bond donors (Lipinski definition) is 0. The van der Waals surface area contributed by atoms with Crippen molar-refractivity contribution in [3.05, 3.63) is 60.2 Å². The van der Waals surface area contributed by atoms with Gasteiger partial charge < -0.3 is 9.47 Å². The lowest BCUT2D eigenvalue weighted by molar-refractivity contribution is -0.659. The van der Waals surface area contributed by atoms with Crippen LogP contribution in [0, 0.1) is 0 Å². The van der Waals surface area contributed by atoms with Crippen molar-refractivity contribution < 1.29 is 18.6 Å². The zero-order chi connectivity index (χ0) is 27.8. The first-order valence-corrected chi connectivity index (χ1v) is 12.8. The molecule has 0 amide bonds. The molecule has 2 heterocycles. The third-order valence-electron chi connectivity index (χ3n) is 6.42. The molecule has 0 saturated heterocycles. The SMILES string of the molecule is COc1cc(CCCCCc2ccc(N=Nc3n(C)nc[n+]3C)c(OC)c2)ccc1N=Nc1n(C)nc[n+]1C. The van der Waals surface area contributed by atoms with Crippen molar-refractivity contribution in [1.82, 2.24) is 19.6 Å². The smallest absolute Gasteiger partial charge is 0.403 e. The van der Waals surface area contributed by atoms with E-state index in [-0.39, 0.29) is 0 Å². The van der Waals surface area contributed by atoms with Crippen molar-refractivity contribution in [3.8, 4) is 11.5 Å². The number of azo groups is 2. The van der Waals surface area contributed by atoms with Crippen LogP contribution in [-0.4, -0.2) is 33.8 Å². The highest BCUT2D eigenvalue weighted by atomic mass is 16.5. The van der Waals surface area contributed by atoms with E-state index < -0.39 is 0 Å². The quantitative estimate of drug-likeness (QED) is 0.151. The molecule has 0 aliphatic rings. The lowest BCUT2D eigenvalue weighted by Gasteiger charge is -2.08. The third kappa shape index (κ3) is 6.89. The van der Waals surface area contributed by atoms with Gasteiger partial charge in [-0.1, -0.05) is 28.8 Å². The second-order valence-electron chi connectivity index (χ2n) is 9.30. The van der Waals surface area contributed by atoms with Crippen molar-refractivity contribution in [2.75, 3.05) is 14.2 Å². The Kier molecular flexibility index (Phi) is 9.08. The Hall–Kier alpha value is -4.48. The van der Waals surface area contributed by atoms with Crippen molar-refractivity contribution in [2.45, 2.75) is 32.1 Å². The maximum atomic E-state index is 5.57. The summed E-state index contributed by atoms with van der Waals surface area (Å²) < 4.78 is 18.1. The first kappa shape index (κ1) is 27.6. The number of hydrogen-bond acceptors (Lipinski definition) is 8. The lowest BCUT2D eigenvalue weighted by atomic mass is 10.0. The van der Waals surface area contributed by atoms with Crippen molar-refractivity contribution in [3.63, 3.8) is 0 Å². The predicted octanol–water partition coefficient (Wildman–Crippen LogP) is 4.61. The van der Waals surface area contributed by atoms with Crippen LogP contribution in [0.5, 0.6) is 11.5 Å². The third-order valence-corrected chi connectivity index (χ3v) is 6.42. The number of aromatic nitrogens is 6. The van der Waals surface area contributed by atoms with E-state index >= 15 is 0 Å². The van der Waals surface area contributed by atoms with Crippen LogP contribution >= 0.6 is 0 Å². The van der Waals surface area contributed by atoms with E-state index in [2.05, 4.69) is 42.8 Å². The zero-order valence-corrected chi connectivity index (χ0v) is 23.4. The average molecular weight is 533 g/mol. The predicted molar refractivity (Wildman–Crippen MR) is 144 cm³/mol. The standard InChI is InChI=1S/C27H36N10O2/c1-34-18-28-36(3)26(34)32-30-22-14-12-20(16-24(22)38-5)10-8-7-9-11-21-13-15-23(25(17-21)39-6)31-33-27-35(2)19-29-37(27)4/h12-19H,7-11H2,1-6H3/q+2. The normalized spacial score (nSPS) is 11.6. The highest BCUT2D eigenvalue weighted by Gasteiger charge is 2.14. The van der Waals surface area contributed by atoms with Crippen molar-refractivity contribution in [2.24, 2.45) is 48.6 Å². The van der Waals surface area contributed by atoms with Gasteiger partial charge in [0.25, 0.3) is 0 Å². The Balaban J connectivity index is 1.28. The molecule has 0 aliphatic carbocycles. The Bertz CT molecular complexity index is 1320. The van der Waals surface area contributed by atoms with Crippen molar-refractivity contribution >= 4 is 23.3 Å². The van der Waals surface area contributed by atoms with Gasteiger partial charge >= 0.3 is 11.9 Å². The number of nitrogens with zero attached hydrogens (tertiary/aromatic N) is 10. The molecule has 39 heavy (non-hydrogen) atoms. The lowest BCUT2D eigenvalue weighted by Crippen LogP contribution is -2.25. The molecule has 0 atom stereocenters. The van der Waals surface area contributed by atoms with Gasteiger partial charge in [-0.05, 0) is 71.3 Å². The van der Waals surface area contributed by atoms with Gasteiger partial charge in [-0.15, -0.1) is 9.36 Å². The highest BCUT2D eigenvalue weighted by Crippen LogP contribution is 2.31. The molecule has 12 nitrogen and oxygen atoms in total. The molecule has 4 aromatic rings. The van der Waals surface area contributed by atoms with Gasteiger partial charge in [0, 0.05) is 10.2 Å². The number of benzene rings is 2. The summed E-state index contributed by atoms with van der Waals surface area (Å²) in [4.78, 5) is 0. The fourth-order valence-electron chi connectivity index (χ4n) is 4.20. The van der Waals surface area contributed by atoms with Gasteiger partial charge in [0.2, 0.25) is 12.7 Å². The maximum absolute atomic E-state index is 5.57. The fourth-order valence-corrected chi connectivity index (χ4v) is 4.20. The minimum absolute atomic E-state index is 0.650. The van der Waals surface area contributed by atoms with Crippen LogP contribution < -0.4 is 18.6 Å². The number of unbranched alkanes of at least 4 members (excludes halogenated alkanes) is 2. The summed E-state index contributed by atoms with van der Waals surface area (Å²) in [6.45, 7) is 0. The van der Waals surface area contributed by atoms with E-state index in [4.69, 9.17) is 9.47 Å². The van der Waals surface area contributed by atoms with E-state index in [1.54, 1.807) is 36.2 Å². The Morgan fingerprint density at radius 1 is 0.667 bits per heavy atom. The van der Waals surface area contributed by atoms with Gasteiger partial charge in [0.1, 0.15) is 22.9 Å². The zero-order valence-electron chi connectivity index (χ0n) is 23.4. The van der Waals surface area contributed by atoms with Gasteiger partial charge in [-0.2, -0.15) is 0 Å². The number of methoxy groups -OCH3 is 2. The van der Waals surface area contributed by atoms with Crippen LogP contribution in [0.25, 0.3) is 0 Å². The molecule has 2 aromatic carbocycles. The minimum Gasteiger partial charge on any atom is -0.494 e. The van der Waals surface area contributed by atoms with Gasteiger partial charge in [-0.25, -0.2) is 9.13 Å². The average Bonchev–Trinajstić information content (AvgIpc) is 3.44. The molecule has 4 rings (SSSR count). The van der Waals surface area contributed by atoms with Gasteiger partial charge in [-0.3, -0.25) is 0 Å². The second kappa shape index (κ2) is 12.9. The molecule has 0 fully saturated rings. The number of aryl methyl sites for hydroxylation is 6. The molecule has 0 unspecified atom stereocenters. The molecule has 0 N–H and O–H groups in total. The van der Waals surface area contributed by atoms with Crippen LogP contribution in [0.3, 0.4) is 0 Å². The Morgan fingerprint density at radius 3 is 1.46 bits per heavy atom. The molecule has 12 heteroatoms. The molecular weight excluding hydrogens is 496 g/mol. The molecule has 0 aliphatic heterocycles. The monoisotopic (exact) mass is 532 g/mol. The fraction of sp³-hybridized carbons (Fsp3) is 0.407. The molecule has 204 valence electrons. The summed E-state index contributed by atoms with van der Waals surface area (Å²) in [5, 5.41) is 25.7. The summed E-state index contributed by atoms with van der Waals surface area (Å²) in [6.07, 6.45) is 8.60. The van der Waals surface area contributed by atoms with E-state index in [9.17, 15) is 0 Å². The molecular formula is C27H36N10O2+2. The van der Waals surface area contributed by atoms with E-state index in [0.717, 1.165) is 32.1 Å². The van der Waals surface area contributed by atoms with Crippen molar-refractivity contribution in [1.29, 1.82) is 0 Å². The summed E-state index contributed by atoms with van der Waals surface area (Å²) in [6, 6.07) is 12.2. The second-order valence-corrected chi connectivity index (χ2v) is 9.30. The molecule has 0 spiro atoms. The summed E-state index contributed by atoms with van der Waals surface area (Å²) in [5.74, 6) is 2.72. The minimum atomic E-state index is 0.650. The highest BCUT2D eigenvalue weighted by molar-refractivity contribution is 5.54. The Morgan fingerprint density at radius 2 is 1.10 bits per heavy atom. The van der Waals surface area contributed by atoms with Crippen LogP contribution in [-0.2, 0) is 41.0 Å². The van der Waals surface area contributed by atoms with Gasteiger partial charge in [0.15, 0.2) is 0 Å². The maximum Gasteiger partial charge on any atom is 0.403 e. The molecule has 2 aromatic heterocycles. The molecule has 0 radical (unpaired) electrons. The summed E-state index contributed by atoms with van der Waals surface area (Å²) in [5.41, 5.74) is 3.81. The van der Waals surface area contributed by atoms with E-state index in [1.807, 2.05) is 61.6 Å². The first-order valence-electron chi connectivity index (χ1n) is 12.8. The number of ether oxygens (including phenoxy) is 2.